The van der Waals surface area contributed by atoms with Crippen LogP contribution in [0.25, 0.3) is 11.4 Å². The van der Waals surface area contributed by atoms with E-state index in [1.165, 1.54) is 7.11 Å². The van der Waals surface area contributed by atoms with Crippen LogP contribution in [0.2, 0.25) is 0 Å². The summed E-state index contributed by atoms with van der Waals surface area (Å²) < 4.78 is 16.1. The van der Waals surface area contributed by atoms with Crippen molar-refractivity contribution < 1.29 is 18.8 Å². The molecular formula is C21H21N3O4. The molecular weight excluding hydrogens is 358 g/mol. The van der Waals surface area contributed by atoms with Gasteiger partial charge in [0.1, 0.15) is 17.5 Å². The SMILES string of the molecule is COc1ccc(C(=O)N2CCC[C@@H]2c2nc(-c3ccccc3)no2)c(OC)c1. The summed E-state index contributed by atoms with van der Waals surface area (Å²) in [6, 6.07) is 14.6. The van der Waals surface area contributed by atoms with Crippen LogP contribution in [0.5, 0.6) is 11.5 Å². The van der Waals surface area contributed by atoms with Gasteiger partial charge in [0.25, 0.3) is 5.91 Å². The Labute approximate surface area is 162 Å². The van der Waals surface area contributed by atoms with Gasteiger partial charge in [-0.3, -0.25) is 4.79 Å². The Morgan fingerprint density at radius 3 is 2.71 bits per heavy atom. The summed E-state index contributed by atoms with van der Waals surface area (Å²) in [5, 5.41) is 4.09. The molecule has 1 aliphatic heterocycles. The van der Waals surface area contributed by atoms with Gasteiger partial charge in [0.05, 0.1) is 19.8 Å². The Balaban J connectivity index is 1.61. The minimum atomic E-state index is -0.246. The lowest BCUT2D eigenvalue weighted by atomic mass is 10.1. The Morgan fingerprint density at radius 2 is 1.96 bits per heavy atom. The second-order valence-corrected chi connectivity index (χ2v) is 6.55. The van der Waals surface area contributed by atoms with Crippen molar-refractivity contribution in [2.45, 2.75) is 18.9 Å². The number of nitrogens with zero attached hydrogens (tertiary/aromatic N) is 3. The summed E-state index contributed by atoms with van der Waals surface area (Å²) in [4.78, 5) is 19.5. The number of rotatable bonds is 5. The molecule has 0 saturated carbocycles. The topological polar surface area (TPSA) is 77.7 Å². The van der Waals surface area contributed by atoms with Gasteiger partial charge in [-0.1, -0.05) is 35.5 Å². The van der Waals surface area contributed by atoms with Crippen molar-refractivity contribution in [3.63, 3.8) is 0 Å². The van der Waals surface area contributed by atoms with Gasteiger partial charge in [0, 0.05) is 18.2 Å². The number of carbonyl (C=O) groups is 1. The fourth-order valence-electron chi connectivity index (χ4n) is 3.47. The van der Waals surface area contributed by atoms with E-state index in [1.807, 2.05) is 30.3 Å². The first-order chi connectivity index (χ1) is 13.7. The average Bonchev–Trinajstić information content (AvgIpc) is 3.42. The molecule has 0 unspecified atom stereocenters. The molecule has 2 heterocycles. The number of methoxy groups -OCH3 is 2. The lowest BCUT2D eigenvalue weighted by molar-refractivity contribution is 0.0706. The Kier molecular flexibility index (Phi) is 4.97. The van der Waals surface area contributed by atoms with Crippen LogP contribution in [-0.4, -0.2) is 41.7 Å². The van der Waals surface area contributed by atoms with Crippen molar-refractivity contribution in [1.82, 2.24) is 15.0 Å². The number of hydrogen-bond donors (Lipinski definition) is 0. The molecule has 0 N–H and O–H groups in total. The van der Waals surface area contributed by atoms with Crippen molar-refractivity contribution >= 4 is 5.91 Å². The normalized spacial score (nSPS) is 16.2. The zero-order valence-corrected chi connectivity index (χ0v) is 15.8. The van der Waals surface area contributed by atoms with E-state index in [9.17, 15) is 4.79 Å². The van der Waals surface area contributed by atoms with Crippen LogP contribution in [0.1, 0.15) is 35.1 Å². The van der Waals surface area contributed by atoms with Gasteiger partial charge in [-0.05, 0) is 25.0 Å². The summed E-state index contributed by atoms with van der Waals surface area (Å²) in [5.74, 6) is 1.97. The molecule has 28 heavy (non-hydrogen) atoms. The molecule has 1 amide bonds. The number of ether oxygens (including phenoxy) is 2. The zero-order chi connectivity index (χ0) is 19.5. The minimum Gasteiger partial charge on any atom is -0.497 e. The van der Waals surface area contributed by atoms with Gasteiger partial charge in [-0.2, -0.15) is 4.98 Å². The van der Waals surface area contributed by atoms with Crippen LogP contribution in [0.3, 0.4) is 0 Å². The third-order valence-electron chi connectivity index (χ3n) is 4.91. The smallest absolute Gasteiger partial charge is 0.258 e. The highest BCUT2D eigenvalue weighted by Crippen LogP contribution is 2.35. The largest absolute Gasteiger partial charge is 0.497 e. The first kappa shape index (κ1) is 18.0. The van der Waals surface area contributed by atoms with Crippen molar-refractivity contribution in [1.29, 1.82) is 0 Å². The molecule has 4 rings (SSSR count). The van der Waals surface area contributed by atoms with Crippen LogP contribution in [0.4, 0.5) is 0 Å². The molecule has 3 aromatic rings. The maximum Gasteiger partial charge on any atom is 0.258 e. The van der Waals surface area contributed by atoms with Crippen molar-refractivity contribution in [2.75, 3.05) is 20.8 Å². The van der Waals surface area contributed by atoms with Crippen LogP contribution < -0.4 is 9.47 Å². The maximum atomic E-state index is 13.2. The van der Waals surface area contributed by atoms with Gasteiger partial charge in [-0.15, -0.1) is 0 Å². The van der Waals surface area contributed by atoms with Crippen LogP contribution in [0, 0.1) is 0 Å². The minimum absolute atomic E-state index is 0.124. The third kappa shape index (κ3) is 3.31. The lowest BCUT2D eigenvalue weighted by Crippen LogP contribution is -2.31. The number of likely N-dealkylation sites (tertiary alicyclic amines) is 1. The summed E-state index contributed by atoms with van der Waals surface area (Å²) in [5.41, 5.74) is 1.36. The van der Waals surface area contributed by atoms with E-state index in [2.05, 4.69) is 10.1 Å². The van der Waals surface area contributed by atoms with E-state index in [-0.39, 0.29) is 11.9 Å². The number of amides is 1. The quantitative estimate of drug-likeness (QED) is 0.672. The first-order valence-electron chi connectivity index (χ1n) is 9.13. The molecule has 1 atom stereocenters. The lowest BCUT2D eigenvalue weighted by Gasteiger charge is -2.23. The van der Waals surface area contributed by atoms with Crippen molar-refractivity contribution in [2.24, 2.45) is 0 Å². The predicted molar refractivity (Wildman–Crippen MR) is 102 cm³/mol. The van der Waals surface area contributed by atoms with Crippen molar-refractivity contribution in [3.05, 3.63) is 60.0 Å². The molecule has 2 aromatic carbocycles. The standard InChI is InChI=1S/C21H21N3O4/c1-26-15-10-11-16(18(13-15)27-2)21(25)24-12-6-9-17(24)20-22-19(23-28-20)14-7-4-3-5-8-14/h3-5,7-8,10-11,13,17H,6,9,12H2,1-2H3/t17-/m1/s1. The van der Waals surface area contributed by atoms with Crippen molar-refractivity contribution in [3.8, 4) is 22.9 Å². The summed E-state index contributed by atoms with van der Waals surface area (Å²) >= 11 is 0. The predicted octanol–water partition coefficient (Wildman–Crippen LogP) is 3.73. The molecule has 1 saturated heterocycles. The monoisotopic (exact) mass is 379 g/mol. The second-order valence-electron chi connectivity index (χ2n) is 6.55. The number of carbonyl (C=O) groups excluding carboxylic acids is 1. The third-order valence-corrected chi connectivity index (χ3v) is 4.91. The second kappa shape index (κ2) is 7.72. The summed E-state index contributed by atoms with van der Waals surface area (Å²) in [7, 11) is 3.11. The van der Waals surface area contributed by atoms with Crippen LogP contribution in [0.15, 0.2) is 53.1 Å². The van der Waals surface area contributed by atoms with E-state index in [4.69, 9.17) is 14.0 Å². The number of benzene rings is 2. The molecule has 1 aromatic heterocycles. The maximum absolute atomic E-state index is 13.2. The molecule has 0 aliphatic carbocycles. The molecule has 0 spiro atoms. The van der Waals surface area contributed by atoms with Gasteiger partial charge in [0.2, 0.25) is 11.7 Å². The molecule has 7 nitrogen and oxygen atoms in total. The molecule has 7 heteroatoms. The Morgan fingerprint density at radius 1 is 1.14 bits per heavy atom. The molecule has 144 valence electrons. The molecule has 0 radical (unpaired) electrons. The zero-order valence-electron chi connectivity index (χ0n) is 15.8. The Hall–Kier alpha value is -3.35. The van der Waals surface area contributed by atoms with Crippen LogP contribution in [-0.2, 0) is 0 Å². The Bertz CT molecular complexity index is 971. The summed E-state index contributed by atoms with van der Waals surface area (Å²) in [6.45, 7) is 0.627. The molecule has 1 fully saturated rings. The highest BCUT2D eigenvalue weighted by molar-refractivity contribution is 5.97. The fraction of sp³-hybridized carbons (Fsp3) is 0.286. The van der Waals surface area contributed by atoms with E-state index >= 15 is 0 Å². The van der Waals surface area contributed by atoms with Gasteiger partial charge in [0.15, 0.2) is 0 Å². The number of hydrogen-bond acceptors (Lipinski definition) is 6. The highest BCUT2D eigenvalue weighted by Gasteiger charge is 2.35. The van der Waals surface area contributed by atoms with Crippen LogP contribution >= 0.6 is 0 Å². The first-order valence-corrected chi connectivity index (χ1v) is 9.13. The van der Waals surface area contributed by atoms with E-state index in [1.54, 1.807) is 30.2 Å². The fourth-order valence-corrected chi connectivity index (χ4v) is 3.47. The van der Waals surface area contributed by atoms with E-state index in [0.717, 1.165) is 18.4 Å². The van der Waals surface area contributed by atoms with E-state index < -0.39 is 0 Å². The molecule has 0 bridgehead atoms. The van der Waals surface area contributed by atoms with Gasteiger partial charge >= 0.3 is 0 Å². The number of aromatic nitrogens is 2. The van der Waals surface area contributed by atoms with Gasteiger partial charge < -0.3 is 18.9 Å². The summed E-state index contributed by atoms with van der Waals surface area (Å²) in [6.07, 6.45) is 1.65. The average molecular weight is 379 g/mol. The van der Waals surface area contributed by atoms with Gasteiger partial charge in [-0.25, -0.2) is 0 Å². The van der Waals surface area contributed by atoms with E-state index in [0.29, 0.717) is 35.3 Å². The molecule has 1 aliphatic rings. The highest BCUT2D eigenvalue weighted by atomic mass is 16.5.